The number of benzene rings is 2. The summed E-state index contributed by atoms with van der Waals surface area (Å²) in [6.45, 7) is 3.56. The average molecular weight is 472 g/mol. The van der Waals surface area contributed by atoms with Gasteiger partial charge in [0.2, 0.25) is 5.91 Å². The van der Waals surface area contributed by atoms with Crippen molar-refractivity contribution in [3.05, 3.63) is 96.2 Å². The molecular formula is C23H19ClFN3O3S. The van der Waals surface area contributed by atoms with Crippen LogP contribution in [0.3, 0.4) is 0 Å². The van der Waals surface area contributed by atoms with Crippen molar-refractivity contribution in [3.63, 3.8) is 0 Å². The molecule has 0 unspecified atom stereocenters. The number of nitrogens with one attached hydrogen (secondary N) is 1. The lowest BCUT2D eigenvalue weighted by atomic mass is 10.1. The molecule has 0 fully saturated rings. The second kappa shape index (κ2) is 8.72. The molecule has 1 N–H and O–H groups in total. The standard InChI is InChI=1S/C23H19ClFN3O3S/c1-13-3-6-18(14(2)9-13)28-22(30)21-19(7-8-32-21)27(23(28)31)12-20(29)26-11-15-4-5-16(25)10-17(15)24/h3-10H,11-12H2,1-2H3,(H,26,29). The third-order valence-corrected chi connectivity index (χ3v) is 6.38. The fraction of sp³-hybridized carbons (Fsp3) is 0.174. The Kier molecular flexibility index (Phi) is 5.99. The third-order valence-electron chi connectivity index (χ3n) is 5.14. The van der Waals surface area contributed by atoms with E-state index in [2.05, 4.69) is 5.32 Å². The molecule has 4 aromatic rings. The van der Waals surface area contributed by atoms with Gasteiger partial charge in [-0.1, -0.05) is 35.4 Å². The Hall–Kier alpha value is -3.23. The summed E-state index contributed by atoms with van der Waals surface area (Å²) in [5.74, 6) is -0.907. The Balaban J connectivity index is 1.71. The van der Waals surface area contributed by atoms with Crippen LogP contribution >= 0.6 is 22.9 Å². The van der Waals surface area contributed by atoms with Crippen molar-refractivity contribution < 1.29 is 9.18 Å². The van der Waals surface area contributed by atoms with Crippen molar-refractivity contribution in [2.75, 3.05) is 0 Å². The summed E-state index contributed by atoms with van der Waals surface area (Å²) >= 11 is 7.23. The largest absolute Gasteiger partial charge is 0.350 e. The first kappa shape index (κ1) is 22.0. The summed E-state index contributed by atoms with van der Waals surface area (Å²) in [4.78, 5) is 39.1. The van der Waals surface area contributed by atoms with Crippen LogP contribution in [0.2, 0.25) is 5.02 Å². The molecule has 1 amide bonds. The molecule has 6 nitrogen and oxygen atoms in total. The monoisotopic (exact) mass is 471 g/mol. The van der Waals surface area contributed by atoms with E-state index in [0.29, 0.717) is 21.5 Å². The number of aromatic nitrogens is 2. The Morgan fingerprint density at radius 1 is 1.12 bits per heavy atom. The maximum atomic E-state index is 13.3. The fourth-order valence-electron chi connectivity index (χ4n) is 3.57. The number of amides is 1. The molecule has 164 valence electrons. The highest BCUT2D eigenvalue weighted by Gasteiger charge is 2.18. The van der Waals surface area contributed by atoms with Gasteiger partial charge >= 0.3 is 5.69 Å². The van der Waals surface area contributed by atoms with E-state index in [0.717, 1.165) is 15.7 Å². The van der Waals surface area contributed by atoms with E-state index in [9.17, 15) is 18.8 Å². The summed E-state index contributed by atoms with van der Waals surface area (Å²) in [6.07, 6.45) is 0. The number of hydrogen-bond acceptors (Lipinski definition) is 4. The van der Waals surface area contributed by atoms with Gasteiger partial charge in [-0.25, -0.2) is 13.8 Å². The Morgan fingerprint density at radius 2 is 1.91 bits per heavy atom. The normalized spacial score (nSPS) is 11.1. The van der Waals surface area contributed by atoms with Gasteiger partial charge < -0.3 is 5.32 Å². The van der Waals surface area contributed by atoms with E-state index in [1.165, 1.54) is 34.1 Å². The van der Waals surface area contributed by atoms with Gasteiger partial charge in [-0.05, 0) is 54.6 Å². The highest BCUT2D eigenvalue weighted by molar-refractivity contribution is 7.17. The van der Waals surface area contributed by atoms with Gasteiger partial charge in [0.1, 0.15) is 17.1 Å². The number of halogens is 2. The average Bonchev–Trinajstić information content (AvgIpc) is 3.22. The molecule has 0 atom stereocenters. The van der Waals surface area contributed by atoms with E-state index in [1.54, 1.807) is 17.5 Å². The van der Waals surface area contributed by atoms with Crippen LogP contribution in [-0.4, -0.2) is 15.0 Å². The summed E-state index contributed by atoms with van der Waals surface area (Å²) < 4.78 is 16.0. The van der Waals surface area contributed by atoms with Crippen molar-refractivity contribution in [3.8, 4) is 5.69 Å². The van der Waals surface area contributed by atoms with E-state index in [4.69, 9.17) is 11.6 Å². The molecule has 0 aliphatic heterocycles. The van der Waals surface area contributed by atoms with Gasteiger partial charge in [0.25, 0.3) is 5.56 Å². The first-order chi connectivity index (χ1) is 15.3. The highest BCUT2D eigenvalue weighted by Crippen LogP contribution is 2.19. The topological polar surface area (TPSA) is 73.1 Å². The number of hydrogen-bond donors (Lipinski definition) is 1. The molecule has 0 radical (unpaired) electrons. The molecule has 0 saturated carbocycles. The van der Waals surface area contributed by atoms with Gasteiger partial charge in [0, 0.05) is 11.6 Å². The number of carbonyl (C=O) groups excluding carboxylic acids is 1. The molecular weight excluding hydrogens is 453 g/mol. The van der Waals surface area contributed by atoms with Gasteiger partial charge in [-0.3, -0.25) is 14.2 Å². The van der Waals surface area contributed by atoms with Crippen LogP contribution in [-0.2, 0) is 17.9 Å². The zero-order valence-corrected chi connectivity index (χ0v) is 18.9. The number of fused-ring (bicyclic) bond motifs is 1. The van der Waals surface area contributed by atoms with Crippen molar-refractivity contribution in [1.82, 2.24) is 14.5 Å². The van der Waals surface area contributed by atoms with E-state index in [1.807, 2.05) is 26.0 Å². The summed E-state index contributed by atoms with van der Waals surface area (Å²) in [6, 6.07) is 11.0. The Labute approximate surface area is 191 Å². The minimum Gasteiger partial charge on any atom is -0.350 e. The second-order valence-electron chi connectivity index (χ2n) is 7.45. The zero-order valence-electron chi connectivity index (χ0n) is 17.3. The van der Waals surface area contributed by atoms with Crippen LogP contribution in [0.1, 0.15) is 16.7 Å². The third kappa shape index (κ3) is 4.11. The van der Waals surface area contributed by atoms with Gasteiger partial charge in [0.15, 0.2) is 0 Å². The molecule has 2 heterocycles. The van der Waals surface area contributed by atoms with E-state index < -0.39 is 23.0 Å². The van der Waals surface area contributed by atoms with E-state index >= 15 is 0 Å². The molecule has 0 spiro atoms. The molecule has 32 heavy (non-hydrogen) atoms. The Bertz CT molecular complexity index is 1470. The van der Waals surface area contributed by atoms with Crippen molar-refractivity contribution in [2.45, 2.75) is 26.9 Å². The summed E-state index contributed by atoms with van der Waals surface area (Å²) in [7, 11) is 0. The number of rotatable bonds is 5. The lowest BCUT2D eigenvalue weighted by Gasteiger charge is -2.14. The number of aryl methyl sites for hydroxylation is 2. The van der Waals surface area contributed by atoms with Crippen LogP contribution in [0, 0.1) is 19.7 Å². The van der Waals surface area contributed by atoms with Gasteiger partial charge in [0.05, 0.1) is 11.2 Å². The molecule has 0 bridgehead atoms. The molecule has 2 aromatic carbocycles. The van der Waals surface area contributed by atoms with Crippen molar-refractivity contribution in [1.29, 1.82) is 0 Å². The maximum absolute atomic E-state index is 13.3. The number of thiophene rings is 1. The SMILES string of the molecule is Cc1ccc(-n2c(=O)c3sccc3n(CC(=O)NCc3ccc(F)cc3Cl)c2=O)c(C)c1. The predicted molar refractivity (Wildman–Crippen MR) is 124 cm³/mol. The van der Waals surface area contributed by atoms with Gasteiger partial charge in [-0.15, -0.1) is 11.3 Å². The number of carbonyl (C=O) groups is 1. The second-order valence-corrected chi connectivity index (χ2v) is 8.77. The highest BCUT2D eigenvalue weighted by atomic mass is 35.5. The molecule has 0 saturated heterocycles. The summed E-state index contributed by atoms with van der Waals surface area (Å²) in [5.41, 5.74) is 2.21. The first-order valence-electron chi connectivity index (χ1n) is 9.77. The van der Waals surface area contributed by atoms with Crippen LogP contribution in [0.5, 0.6) is 0 Å². The molecule has 0 aliphatic carbocycles. The fourth-order valence-corrected chi connectivity index (χ4v) is 4.63. The zero-order chi connectivity index (χ0) is 23.0. The number of nitrogens with zero attached hydrogens (tertiary/aromatic N) is 2. The van der Waals surface area contributed by atoms with Crippen LogP contribution in [0.4, 0.5) is 4.39 Å². The lowest BCUT2D eigenvalue weighted by molar-refractivity contribution is -0.121. The quantitative estimate of drug-likeness (QED) is 0.479. The minimum absolute atomic E-state index is 0.0795. The van der Waals surface area contributed by atoms with Crippen LogP contribution in [0.25, 0.3) is 15.9 Å². The van der Waals surface area contributed by atoms with Crippen LogP contribution < -0.4 is 16.6 Å². The predicted octanol–water partition coefficient (Wildman–Crippen LogP) is 3.94. The van der Waals surface area contributed by atoms with Crippen molar-refractivity contribution in [2.24, 2.45) is 0 Å². The molecule has 4 rings (SSSR count). The first-order valence-corrected chi connectivity index (χ1v) is 11.0. The van der Waals surface area contributed by atoms with Gasteiger partial charge in [-0.2, -0.15) is 0 Å². The smallest absolute Gasteiger partial charge is 0.336 e. The lowest BCUT2D eigenvalue weighted by Crippen LogP contribution is -2.41. The molecule has 0 aliphatic rings. The minimum atomic E-state index is -0.595. The summed E-state index contributed by atoms with van der Waals surface area (Å²) in [5, 5.41) is 4.61. The molecule has 2 aromatic heterocycles. The molecule has 9 heteroatoms. The van der Waals surface area contributed by atoms with Crippen LogP contribution in [0.15, 0.2) is 57.4 Å². The Morgan fingerprint density at radius 3 is 2.62 bits per heavy atom. The maximum Gasteiger partial charge on any atom is 0.336 e. The van der Waals surface area contributed by atoms with E-state index in [-0.39, 0.29) is 18.1 Å². The van der Waals surface area contributed by atoms with Crippen molar-refractivity contribution >= 4 is 39.1 Å².